The monoisotopic (exact) mass is 310 g/mol. The summed E-state index contributed by atoms with van der Waals surface area (Å²) in [5.74, 6) is 0. The van der Waals surface area contributed by atoms with E-state index in [4.69, 9.17) is 19.3 Å². The molecule has 9 heteroatoms. The van der Waals surface area contributed by atoms with Gasteiger partial charge >= 0.3 is 0 Å². The van der Waals surface area contributed by atoms with Crippen molar-refractivity contribution in [3.8, 4) is 0 Å². The van der Waals surface area contributed by atoms with Gasteiger partial charge in [-0.2, -0.15) is 0 Å². The van der Waals surface area contributed by atoms with Gasteiger partial charge in [0.25, 0.3) is 0 Å². The van der Waals surface area contributed by atoms with Gasteiger partial charge in [-0.05, 0) is 6.92 Å². The molecule has 2 fully saturated rings. The molecular weight excluding hydrogens is 288 g/mol. The summed E-state index contributed by atoms with van der Waals surface area (Å²) in [7, 11) is 0. The summed E-state index contributed by atoms with van der Waals surface area (Å²) in [4.78, 5) is 0. The number of aliphatic hydroxyl groups is 6. The normalized spacial score (nSPS) is 51.3. The van der Waals surface area contributed by atoms with Crippen molar-refractivity contribution in [2.45, 2.75) is 55.4 Å². The second-order valence-corrected chi connectivity index (χ2v) is 5.65. The molecule has 2 aliphatic heterocycles. The average molecular weight is 310 g/mol. The van der Waals surface area contributed by atoms with E-state index in [0.717, 1.165) is 0 Å². The largest absolute Gasteiger partial charge is 0.394 e. The molecule has 2 heterocycles. The zero-order valence-electron chi connectivity index (χ0n) is 11.6. The predicted octanol–water partition coefficient (Wildman–Crippen LogP) is -3.69. The van der Waals surface area contributed by atoms with E-state index >= 15 is 0 Å². The van der Waals surface area contributed by atoms with Crippen LogP contribution in [0, 0.1) is 0 Å². The second kappa shape index (κ2) is 6.41. The first-order chi connectivity index (χ1) is 9.80. The fraction of sp³-hybridized carbons (Fsp3) is 1.00. The molecule has 0 aromatic carbocycles. The van der Waals surface area contributed by atoms with Gasteiger partial charge in [-0.3, -0.25) is 0 Å². The van der Waals surface area contributed by atoms with Gasteiger partial charge in [-0.15, -0.1) is 0 Å². The van der Waals surface area contributed by atoms with Crippen molar-refractivity contribution in [1.82, 2.24) is 0 Å². The molecule has 2 rings (SSSR count). The van der Waals surface area contributed by atoms with Gasteiger partial charge in [-0.1, -0.05) is 0 Å². The number of ether oxygens (including phenoxy) is 3. The molecule has 0 spiro atoms. The third-order valence-electron chi connectivity index (χ3n) is 3.92. The number of hydrogen-bond acceptors (Lipinski definition) is 9. The van der Waals surface area contributed by atoms with Gasteiger partial charge in [-0.25, -0.2) is 0 Å². The molecule has 2 aliphatic rings. The summed E-state index contributed by atoms with van der Waals surface area (Å²) >= 11 is 0. The van der Waals surface area contributed by atoms with Crippen LogP contribution in [0.25, 0.3) is 0 Å². The van der Waals surface area contributed by atoms with Crippen LogP contribution in [0.5, 0.6) is 0 Å². The van der Waals surface area contributed by atoms with E-state index in [0.29, 0.717) is 0 Å². The van der Waals surface area contributed by atoms with Crippen LogP contribution in [0.2, 0.25) is 0 Å². The van der Waals surface area contributed by atoms with Crippen molar-refractivity contribution in [2.24, 2.45) is 0 Å². The van der Waals surface area contributed by atoms with Gasteiger partial charge < -0.3 is 44.8 Å². The standard InChI is InChI=1S/C12H22O9/c1-12(10(18)8(16)6(2-13)21-12)4-20-11-9(17)7(15)5(14)3-19-11/h5-11,13-18H,2-4H2,1H3. The van der Waals surface area contributed by atoms with Crippen LogP contribution in [0.4, 0.5) is 0 Å². The Morgan fingerprint density at radius 2 is 1.76 bits per heavy atom. The van der Waals surface area contributed by atoms with E-state index < -0.39 is 55.1 Å². The van der Waals surface area contributed by atoms with Gasteiger partial charge in [0.15, 0.2) is 6.29 Å². The third kappa shape index (κ3) is 3.21. The molecule has 0 bridgehead atoms. The smallest absolute Gasteiger partial charge is 0.186 e. The van der Waals surface area contributed by atoms with Crippen molar-refractivity contribution >= 4 is 0 Å². The Morgan fingerprint density at radius 1 is 1.10 bits per heavy atom. The van der Waals surface area contributed by atoms with Crippen molar-refractivity contribution in [2.75, 3.05) is 19.8 Å². The van der Waals surface area contributed by atoms with Gasteiger partial charge in [0, 0.05) is 0 Å². The summed E-state index contributed by atoms with van der Waals surface area (Å²) < 4.78 is 15.7. The quantitative estimate of drug-likeness (QED) is 0.308. The molecule has 8 atom stereocenters. The Balaban J connectivity index is 1.93. The van der Waals surface area contributed by atoms with Crippen LogP contribution < -0.4 is 0 Å². The highest BCUT2D eigenvalue weighted by molar-refractivity contribution is 4.99. The van der Waals surface area contributed by atoms with E-state index in [1.165, 1.54) is 6.92 Å². The third-order valence-corrected chi connectivity index (χ3v) is 3.92. The first-order valence-electron chi connectivity index (χ1n) is 6.72. The fourth-order valence-electron chi connectivity index (χ4n) is 2.49. The van der Waals surface area contributed by atoms with Crippen LogP contribution in [0.1, 0.15) is 6.92 Å². The lowest BCUT2D eigenvalue weighted by atomic mass is 9.97. The Hall–Kier alpha value is -0.360. The second-order valence-electron chi connectivity index (χ2n) is 5.65. The Labute approximate surface area is 121 Å². The highest BCUT2D eigenvalue weighted by Gasteiger charge is 2.52. The van der Waals surface area contributed by atoms with E-state index in [9.17, 15) is 25.5 Å². The zero-order chi connectivity index (χ0) is 15.8. The molecule has 0 radical (unpaired) electrons. The highest BCUT2D eigenvalue weighted by atomic mass is 16.7. The molecule has 0 aliphatic carbocycles. The maximum Gasteiger partial charge on any atom is 0.186 e. The van der Waals surface area contributed by atoms with E-state index in [-0.39, 0.29) is 13.2 Å². The van der Waals surface area contributed by atoms with Crippen LogP contribution in [-0.2, 0) is 14.2 Å². The highest BCUT2D eigenvalue weighted by Crippen LogP contribution is 2.32. The van der Waals surface area contributed by atoms with Crippen LogP contribution in [0.3, 0.4) is 0 Å². The molecule has 0 aromatic rings. The number of aliphatic hydroxyl groups excluding tert-OH is 6. The minimum atomic E-state index is -1.45. The van der Waals surface area contributed by atoms with Crippen molar-refractivity contribution in [1.29, 1.82) is 0 Å². The summed E-state index contributed by atoms with van der Waals surface area (Å²) in [5, 5.41) is 57.3. The molecule has 0 aromatic heterocycles. The average Bonchev–Trinajstić information content (AvgIpc) is 2.68. The number of rotatable bonds is 4. The van der Waals surface area contributed by atoms with Crippen LogP contribution in [0.15, 0.2) is 0 Å². The minimum Gasteiger partial charge on any atom is -0.394 e. The Kier molecular flexibility index (Phi) is 5.19. The molecule has 2 saturated heterocycles. The van der Waals surface area contributed by atoms with E-state index in [1.807, 2.05) is 0 Å². The summed E-state index contributed by atoms with van der Waals surface area (Å²) in [6.45, 7) is 0.579. The number of hydrogen-bond donors (Lipinski definition) is 6. The predicted molar refractivity (Wildman–Crippen MR) is 66.1 cm³/mol. The molecule has 124 valence electrons. The molecule has 8 unspecified atom stereocenters. The van der Waals surface area contributed by atoms with Gasteiger partial charge in [0.1, 0.15) is 42.2 Å². The summed E-state index contributed by atoms with van der Waals surface area (Å²) in [6.07, 6.45) is -8.72. The molecule has 6 N–H and O–H groups in total. The first kappa shape index (κ1) is 17.0. The lowest BCUT2D eigenvalue weighted by Gasteiger charge is -2.37. The van der Waals surface area contributed by atoms with Crippen molar-refractivity contribution in [3.05, 3.63) is 0 Å². The lowest BCUT2D eigenvalue weighted by Crippen LogP contribution is -2.55. The van der Waals surface area contributed by atoms with Gasteiger partial charge in [0.2, 0.25) is 0 Å². The molecule has 0 amide bonds. The van der Waals surface area contributed by atoms with E-state index in [1.54, 1.807) is 0 Å². The van der Waals surface area contributed by atoms with Crippen molar-refractivity contribution in [3.63, 3.8) is 0 Å². The molecule has 0 saturated carbocycles. The van der Waals surface area contributed by atoms with E-state index in [2.05, 4.69) is 0 Å². The van der Waals surface area contributed by atoms with Crippen LogP contribution >= 0.6 is 0 Å². The Bertz CT molecular complexity index is 354. The molecular formula is C12H22O9. The minimum absolute atomic E-state index is 0.203. The summed E-state index contributed by atoms with van der Waals surface area (Å²) in [6, 6.07) is 0. The summed E-state index contributed by atoms with van der Waals surface area (Å²) in [5.41, 5.74) is -1.29. The maximum atomic E-state index is 9.95. The first-order valence-corrected chi connectivity index (χ1v) is 6.72. The molecule has 21 heavy (non-hydrogen) atoms. The molecule has 9 nitrogen and oxygen atoms in total. The van der Waals surface area contributed by atoms with Crippen molar-refractivity contribution < 1.29 is 44.8 Å². The Morgan fingerprint density at radius 3 is 2.33 bits per heavy atom. The topological polar surface area (TPSA) is 149 Å². The lowest BCUT2D eigenvalue weighted by molar-refractivity contribution is -0.283. The zero-order valence-corrected chi connectivity index (χ0v) is 11.6. The maximum absolute atomic E-state index is 9.95. The van der Waals surface area contributed by atoms with Gasteiger partial charge in [0.05, 0.1) is 19.8 Å². The fourth-order valence-corrected chi connectivity index (χ4v) is 2.49. The van der Waals surface area contributed by atoms with Crippen LogP contribution in [-0.4, -0.2) is 99.0 Å². The SMILES string of the molecule is CC1(COC2OCC(O)C(O)C2O)OC(CO)C(O)C1O.